The molecule has 0 spiro atoms. The number of carbonyl (C=O) groups is 1. The van der Waals surface area contributed by atoms with Crippen LogP contribution in [0.5, 0.6) is 0 Å². The Kier molecular flexibility index (Phi) is 4.52. The highest BCUT2D eigenvalue weighted by Gasteiger charge is 2.06. The van der Waals surface area contributed by atoms with Gasteiger partial charge in [0.1, 0.15) is 5.82 Å². The molecule has 1 amide bonds. The molecule has 5 heteroatoms. The highest BCUT2D eigenvalue weighted by atomic mass is 32.1. The number of nitrogens with one attached hydrogen (secondary N) is 1. The van der Waals surface area contributed by atoms with Crippen molar-refractivity contribution in [3.05, 3.63) is 56.5 Å². The van der Waals surface area contributed by atoms with E-state index in [9.17, 15) is 9.18 Å². The zero-order valence-electron chi connectivity index (χ0n) is 11.5. The summed E-state index contributed by atoms with van der Waals surface area (Å²) in [4.78, 5) is 12.0. The molecule has 0 bridgehead atoms. The quantitative estimate of drug-likeness (QED) is 0.890. The summed E-state index contributed by atoms with van der Waals surface area (Å²) >= 11 is 1.50. The van der Waals surface area contributed by atoms with Gasteiger partial charge in [-0.2, -0.15) is 0 Å². The van der Waals surface area contributed by atoms with Gasteiger partial charge in [0, 0.05) is 23.3 Å². The van der Waals surface area contributed by atoms with Crippen molar-refractivity contribution < 1.29 is 9.18 Å². The maximum atomic E-state index is 13.5. The summed E-state index contributed by atoms with van der Waals surface area (Å²) in [5, 5.41) is 5.04. The first kappa shape index (κ1) is 14.7. The van der Waals surface area contributed by atoms with Crippen LogP contribution in [-0.2, 0) is 13.1 Å². The molecule has 0 fully saturated rings. The molecule has 3 N–H and O–H groups in total. The first-order valence-corrected chi connectivity index (χ1v) is 7.19. The van der Waals surface area contributed by atoms with Crippen molar-refractivity contribution >= 4 is 17.2 Å². The van der Waals surface area contributed by atoms with E-state index in [1.807, 2.05) is 12.1 Å². The Labute approximate surface area is 121 Å². The fraction of sp³-hybridized carbons (Fsp3) is 0.267. The first-order chi connectivity index (χ1) is 9.47. The van der Waals surface area contributed by atoms with Gasteiger partial charge in [-0.25, -0.2) is 4.39 Å². The van der Waals surface area contributed by atoms with E-state index in [0.29, 0.717) is 29.8 Å². The Balaban J connectivity index is 1.94. The summed E-state index contributed by atoms with van der Waals surface area (Å²) in [6.45, 7) is 4.85. The van der Waals surface area contributed by atoms with Gasteiger partial charge in [-0.1, -0.05) is 12.1 Å². The molecule has 0 aliphatic carbocycles. The van der Waals surface area contributed by atoms with Crippen LogP contribution in [0.25, 0.3) is 0 Å². The maximum Gasteiger partial charge on any atom is 0.249 e. The number of amides is 1. The lowest BCUT2D eigenvalue weighted by molar-refractivity contribution is 0.100. The van der Waals surface area contributed by atoms with Crippen LogP contribution in [0.1, 0.15) is 31.9 Å². The second-order valence-corrected chi connectivity index (χ2v) is 5.81. The van der Waals surface area contributed by atoms with E-state index in [0.717, 1.165) is 10.4 Å². The van der Waals surface area contributed by atoms with E-state index in [-0.39, 0.29) is 5.82 Å². The average Bonchev–Trinajstić information content (AvgIpc) is 2.85. The molecule has 0 aliphatic rings. The Morgan fingerprint density at radius 2 is 1.90 bits per heavy atom. The standard InChI is InChI=1S/C15H17FN2OS/c1-9-3-11(4-10(2)14(9)16)6-18-7-13-5-12(8-20-13)15(17)19/h3-5,8,18H,6-7H2,1-2H3,(H2,17,19). The van der Waals surface area contributed by atoms with Crippen molar-refractivity contribution in [3.63, 3.8) is 0 Å². The molecular formula is C15H17FN2OS. The summed E-state index contributed by atoms with van der Waals surface area (Å²) in [7, 11) is 0. The Hall–Kier alpha value is -1.72. The van der Waals surface area contributed by atoms with Gasteiger partial charge in [-0.3, -0.25) is 4.79 Å². The smallest absolute Gasteiger partial charge is 0.249 e. The van der Waals surface area contributed by atoms with Gasteiger partial charge in [0.15, 0.2) is 0 Å². The first-order valence-electron chi connectivity index (χ1n) is 6.31. The number of hydrogen-bond acceptors (Lipinski definition) is 3. The van der Waals surface area contributed by atoms with E-state index in [4.69, 9.17) is 5.73 Å². The predicted octanol–water partition coefficient (Wildman–Crippen LogP) is 2.89. The zero-order chi connectivity index (χ0) is 14.7. The normalized spacial score (nSPS) is 10.8. The molecule has 1 aromatic heterocycles. The molecule has 0 aliphatic heterocycles. The highest BCUT2D eigenvalue weighted by Crippen LogP contribution is 2.16. The SMILES string of the molecule is Cc1cc(CNCc2cc(C(N)=O)cs2)cc(C)c1F. The number of primary amides is 1. The van der Waals surface area contributed by atoms with Crippen LogP contribution < -0.4 is 11.1 Å². The fourth-order valence-corrected chi connectivity index (χ4v) is 2.91. The largest absolute Gasteiger partial charge is 0.366 e. The third kappa shape index (κ3) is 3.43. The molecule has 0 radical (unpaired) electrons. The predicted molar refractivity (Wildman–Crippen MR) is 79.3 cm³/mol. The minimum absolute atomic E-state index is 0.141. The van der Waals surface area contributed by atoms with Crippen LogP contribution in [0.4, 0.5) is 4.39 Å². The Morgan fingerprint density at radius 1 is 1.25 bits per heavy atom. The van der Waals surface area contributed by atoms with Gasteiger partial charge in [0.05, 0.1) is 5.56 Å². The number of halogens is 1. The van der Waals surface area contributed by atoms with Crippen molar-refractivity contribution in [2.75, 3.05) is 0 Å². The molecule has 1 aromatic carbocycles. The van der Waals surface area contributed by atoms with Crippen molar-refractivity contribution in [1.82, 2.24) is 5.32 Å². The van der Waals surface area contributed by atoms with Crippen LogP contribution in [0.2, 0.25) is 0 Å². The molecule has 0 saturated carbocycles. The lowest BCUT2D eigenvalue weighted by Gasteiger charge is -2.07. The van der Waals surface area contributed by atoms with Crippen LogP contribution in [0.3, 0.4) is 0 Å². The molecular weight excluding hydrogens is 275 g/mol. The molecule has 1 heterocycles. The molecule has 0 saturated heterocycles. The Bertz CT molecular complexity index is 614. The third-order valence-corrected chi connectivity index (χ3v) is 4.00. The fourth-order valence-electron chi connectivity index (χ4n) is 2.07. The van der Waals surface area contributed by atoms with Crippen LogP contribution in [-0.4, -0.2) is 5.91 Å². The lowest BCUT2D eigenvalue weighted by Crippen LogP contribution is -2.13. The van der Waals surface area contributed by atoms with Gasteiger partial charge in [-0.15, -0.1) is 11.3 Å². The number of benzene rings is 1. The lowest BCUT2D eigenvalue weighted by atomic mass is 10.1. The van der Waals surface area contributed by atoms with E-state index >= 15 is 0 Å². The van der Waals surface area contributed by atoms with Gasteiger partial charge in [0.2, 0.25) is 5.91 Å². The molecule has 20 heavy (non-hydrogen) atoms. The summed E-state index contributed by atoms with van der Waals surface area (Å²) in [5.74, 6) is -0.546. The molecule has 0 atom stereocenters. The van der Waals surface area contributed by atoms with Crippen LogP contribution in [0.15, 0.2) is 23.6 Å². The van der Waals surface area contributed by atoms with Gasteiger partial charge in [-0.05, 0) is 36.6 Å². The van der Waals surface area contributed by atoms with Crippen molar-refractivity contribution in [1.29, 1.82) is 0 Å². The number of rotatable bonds is 5. The summed E-state index contributed by atoms with van der Waals surface area (Å²) in [5.41, 5.74) is 8.12. The van der Waals surface area contributed by atoms with Gasteiger partial charge in [0.25, 0.3) is 0 Å². The van der Waals surface area contributed by atoms with Crippen LogP contribution in [0, 0.1) is 19.7 Å². The van der Waals surface area contributed by atoms with Crippen molar-refractivity contribution in [2.24, 2.45) is 5.73 Å². The number of carbonyl (C=O) groups excluding carboxylic acids is 1. The average molecular weight is 292 g/mol. The Morgan fingerprint density at radius 3 is 2.45 bits per heavy atom. The molecule has 3 nitrogen and oxygen atoms in total. The monoisotopic (exact) mass is 292 g/mol. The molecule has 2 rings (SSSR count). The van der Waals surface area contributed by atoms with E-state index < -0.39 is 5.91 Å². The number of thiophene rings is 1. The summed E-state index contributed by atoms with van der Waals surface area (Å²) in [6, 6.07) is 5.48. The van der Waals surface area contributed by atoms with E-state index in [1.165, 1.54) is 11.3 Å². The summed E-state index contributed by atoms with van der Waals surface area (Å²) < 4.78 is 13.5. The van der Waals surface area contributed by atoms with E-state index in [1.54, 1.807) is 25.3 Å². The molecule has 106 valence electrons. The number of aryl methyl sites for hydroxylation is 2. The van der Waals surface area contributed by atoms with E-state index in [2.05, 4.69) is 5.32 Å². The zero-order valence-corrected chi connectivity index (χ0v) is 12.3. The minimum Gasteiger partial charge on any atom is -0.366 e. The molecule has 0 unspecified atom stereocenters. The van der Waals surface area contributed by atoms with Gasteiger partial charge >= 0.3 is 0 Å². The highest BCUT2D eigenvalue weighted by molar-refractivity contribution is 7.10. The van der Waals surface area contributed by atoms with Crippen molar-refractivity contribution in [2.45, 2.75) is 26.9 Å². The number of hydrogen-bond donors (Lipinski definition) is 2. The summed E-state index contributed by atoms with van der Waals surface area (Å²) in [6.07, 6.45) is 0. The topological polar surface area (TPSA) is 55.1 Å². The number of nitrogens with two attached hydrogens (primary N) is 1. The third-order valence-electron chi connectivity index (χ3n) is 3.06. The molecule has 2 aromatic rings. The second kappa shape index (κ2) is 6.15. The van der Waals surface area contributed by atoms with Crippen molar-refractivity contribution in [3.8, 4) is 0 Å². The second-order valence-electron chi connectivity index (χ2n) is 4.81. The maximum absolute atomic E-state index is 13.5. The van der Waals surface area contributed by atoms with Crippen LogP contribution >= 0.6 is 11.3 Å². The van der Waals surface area contributed by atoms with Gasteiger partial charge < -0.3 is 11.1 Å². The minimum atomic E-state index is -0.405.